The number of amides is 1. The largest absolute Gasteiger partial charge is 0.373 e. The van der Waals surface area contributed by atoms with Crippen molar-refractivity contribution >= 4 is 11.7 Å². The molecule has 1 saturated heterocycles. The average molecular weight is 342 g/mol. The monoisotopic (exact) mass is 342 g/mol. The number of hydrogen-bond acceptors (Lipinski definition) is 5. The van der Waals surface area contributed by atoms with Crippen molar-refractivity contribution in [3.63, 3.8) is 0 Å². The molecule has 7 heteroatoms. The van der Waals surface area contributed by atoms with E-state index < -0.39 is 0 Å². The van der Waals surface area contributed by atoms with Gasteiger partial charge in [0.1, 0.15) is 17.3 Å². The quantitative estimate of drug-likeness (QED) is 0.896. The van der Waals surface area contributed by atoms with Crippen molar-refractivity contribution in [3.05, 3.63) is 35.0 Å². The number of aromatic amines is 1. The van der Waals surface area contributed by atoms with Gasteiger partial charge in [-0.05, 0) is 25.8 Å². The van der Waals surface area contributed by atoms with Crippen LogP contribution < -0.4 is 5.32 Å². The molecule has 1 atom stereocenters. The van der Waals surface area contributed by atoms with Crippen LogP contribution in [-0.2, 0) is 5.41 Å². The molecule has 0 radical (unpaired) electrons. The standard InChI is InChI=1S/C18H26N6O/c1-11-20-12(10-16(19-5)21-11)14-7-6-8-24(14)17(25)13-9-15(23-22-13)18(2,3)4/h9-10,14H,6-8H2,1-5H3,(H,22,23)(H,19,20,21)/t14-/m1/s1. The van der Waals surface area contributed by atoms with Crippen LogP contribution in [0.15, 0.2) is 12.1 Å². The highest BCUT2D eigenvalue weighted by Crippen LogP contribution is 2.33. The minimum Gasteiger partial charge on any atom is -0.373 e. The van der Waals surface area contributed by atoms with Crippen molar-refractivity contribution in [2.24, 2.45) is 0 Å². The van der Waals surface area contributed by atoms with E-state index in [9.17, 15) is 4.79 Å². The molecule has 0 unspecified atom stereocenters. The fourth-order valence-corrected chi connectivity index (χ4v) is 3.17. The van der Waals surface area contributed by atoms with Crippen LogP contribution in [0.5, 0.6) is 0 Å². The summed E-state index contributed by atoms with van der Waals surface area (Å²) in [6, 6.07) is 3.76. The Labute approximate surface area is 148 Å². The first-order valence-corrected chi connectivity index (χ1v) is 8.70. The van der Waals surface area contributed by atoms with E-state index in [2.05, 4.69) is 46.3 Å². The molecule has 1 fully saturated rings. The zero-order chi connectivity index (χ0) is 18.2. The zero-order valence-electron chi connectivity index (χ0n) is 15.6. The Morgan fingerprint density at radius 3 is 2.72 bits per heavy atom. The van der Waals surface area contributed by atoms with Crippen LogP contribution >= 0.6 is 0 Å². The lowest BCUT2D eigenvalue weighted by molar-refractivity contribution is 0.0726. The van der Waals surface area contributed by atoms with E-state index in [1.54, 1.807) is 0 Å². The third-order valence-electron chi connectivity index (χ3n) is 4.57. The molecule has 1 amide bonds. The lowest BCUT2D eigenvalue weighted by Crippen LogP contribution is -2.31. The number of anilines is 1. The van der Waals surface area contributed by atoms with Gasteiger partial charge < -0.3 is 10.2 Å². The molecule has 25 heavy (non-hydrogen) atoms. The van der Waals surface area contributed by atoms with Crippen LogP contribution in [0.4, 0.5) is 5.82 Å². The number of carbonyl (C=O) groups is 1. The van der Waals surface area contributed by atoms with Crippen LogP contribution in [-0.4, -0.2) is 44.6 Å². The van der Waals surface area contributed by atoms with E-state index >= 15 is 0 Å². The minimum absolute atomic E-state index is 0.0314. The summed E-state index contributed by atoms with van der Waals surface area (Å²) in [7, 11) is 1.83. The molecule has 134 valence electrons. The molecule has 0 bridgehead atoms. The molecule has 3 rings (SSSR count). The Morgan fingerprint density at radius 1 is 1.32 bits per heavy atom. The molecule has 0 aliphatic carbocycles. The third-order valence-corrected chi connectivity index (χ3v) is 4.57. The van der Waals surface area contributed by atoms with E-state index in [1.165, 1.54) is 0 Å². The number of nitrogens with one attached hydrogen (secondary N) is 2. The topological polar surface area (TPSA) is 86.8 Å². The number of hydrogen-bond donors (Lipinski definition) is 2. The number of H-pyrrole nitrogens is 1. The van der Waals surface area contributed by atoms with Crippen molar-refractivity contribution in [1.29, 1.82) is 0 Å². The van der Waals surface area contributed by atoms with Gasteiger partial charge in [0, 0.05) is 30.8 Å². The van der Waals surface area contributed by atoms with Crippen LogP contribution in [0.3, 0.4) is 0 Å². The Bertz CT molecular complexity index is 776. The second kappa shape index (κ2) is 6.46. The van der Waals surface area contributed by atoms with Gasteiger partial charge in [0.2, 0.25) is 0 Å². The van der Waals surface area contributed by atoms with Gasteiger partial charge >= 0.3 is 0 Å². The van der Waals surface area contributed by atoms with Crippen LogP contribution in [0.25, 0.3) is 0 Å². The summed E-state index contributed by atoms with van der Waals surface area (Å²) < 4.78 is 0. The Morgan fingerprint density at radius 2 is 2.08 bits per heavy atom. The molecular formula is C18H26N6O. The molecule has 3 heterocycles. The lowest BCUT2D eigenvalue weighted by atomic mass is 9.92. The second-order valence-corrected chi connectivity index (χ2v) is 7.55. The molecule has 1 aliphatic heterocycles. The summed E-state index contributed by atoms with van der Waals surface area (Å²) >= 11 is 0. The average Bonchev–Trinajstić information content (AvgIpc) is 3.22. The second-order valence-electron chi connectivity index (χ2n) is 7.55. The van der Waals surface area contributed by atoms with E-state index in [1.807, 2.05) is 31.0 Å². The molecule has 1 aliphatic rings. The van der Waals surface area contributed by atoms with Gasteiger partial charge in [-0.15, -0.1) is 0 Å². The van der Waals surface area contributed by atoms with Crippen molar-refractivity contribution in [2.45, 2.75) is 52.0 Å². The fourth-order valence-electron chi connectivity index (χ4n) is 3.17. The van der Waals surface area contributed by atoms with Gasteiger partial charge in [-0.1, -0.05) is 20.8 Å². The summed E-state index contributed by atoms with van der Waals surface area (Å²) in [4.78, 5) is 23.8. The SMILES string of the molecule is CNc1cc([C@H]2CCCN2C(=O)c2cc(C(C)(C)C)[nH]n2)nc(C)n1. The van der Waals surface area contributed by atoms with Crippen molar-refractivity contribution < 1.29 is 4.79 Å². The lowest BCUT2D eigenvalue weighted by Gasteiger charge is -2.24. The first-order chi connectivity index (χ1) is 11.8. The smallest absolute Gasteiger partial charge is 0.274 e. The molecule has 7 nitrogen and oxygen atoms in total. The normalized spacial score (nSPS) is 17.8. The van der Waals surface area contributed by atoms with E-state index in [0.29, 0.717) is 11.5 Å². The highest BCUT2D eigenvalue weighted by atomic mass is 16.2. The number of aryl methyl sites for hydroxylation is 1. The number of carbonyl (C=O) groups excluding carboxylic acids is 1. The van der Waals surface area contributed by atoms with Gasteiger partial charge in [-0.25, -0.2) is 9.97 Å². The van der Waals surface area contributed by atoms with E-state index in [4.69, 9.17) is 0 Å². The van der Waals surface area contributed by atoms with Crippen LogP contribution in [0, 0.1) is 6.92 Å². The minimum atomic E-state index is -0.0681. The van der Waals surface area contributed by atoms with Crippen molar-refractivity contribution in [1.82, 2.24) is 25.1 Å². The first-order valence-electron chi connectivity index (χ1n) is 8.70. The molecule has 0 saturated carbocycles. The Hall–Kier alpha value is -2.44. The summed E-state index contributed by atoms with van der Waals surface area (Å²) in [6.45, 7) is 8.87. The van der Waals surface area contributed by atoms with Crippen molar-refractivity contribution in [3.8, 4) is 0 Å². The summed E-state index contributed by atoms with van der Waals surface area (Å²) in [5.41, 5.74) is 2.24. The van der Waals surface area contributed by atoms with Gasteiger partial charge in [-0.3, -0.25) is 9.89 Å². The molecule has 2 aromatic heterocycles. The van der Waals surface area contributed by atoms with Gasteiger partial charge in [0.15, 0.2) is 0 Å². The predicted octanol–water partition coefficient (Wildman–Crippen LogP) is 2.82. The maximum absolute atomic E-state index is 13.0. The van der Waals surface area contributed by atoms with Crippen LogP contribution in [0.2, 0.25) is 0 Å². The highest BCUT2D eigenvalue weighted by molar-refractivity contribution is 5.93. The summed E-state index contributed by atoms with van der Waals surface area (Å²) in [5, 5.41) is 10.3. The van der Waals surface area contributed by atoms with Gasteiger partial charge in [0.25, 0.3) is 5.91 Å². The van der Waals surface area contributed by atoms with Crippen molar-refractivity contribution in [2.75, 3.05) is 18.9 Å². The molecule has 2 N–H and O–H groups in total. The number of likely N-dealkylation sites (tertiary alicyclic amines) is 1. The fraction of sp³-hybridized carbons (Fsp3) is 0.556. The summed E-state index contributed by atoms with van der Waals surface area (Å²) in [5.74, 6) is 1.43. The van der Waals surface area contributed by atoms with E-state index in [0.717, 1.165) is 36.6 Å². The Kier molecular flexibility index (Phi) is 4.49. The number of aromatic nitrogens is 4. The highest BCUT2D eigenvalue weighted by Gasteiger charge is 2.33. The maximum Gasteiger partial charge on any atom is 0.274 e. The predicted molar refractivity (Wildman–Crippen MR) is 96.6 cm³/mol. The third kappa shape index (κ3) is 3.50. The number of nitrogens with zero attached hydrogens (tertiary/aromatic N) is 4. The molecule has 2 aromatic rings. The van der Waals surface area contributed by atoms with Gasteiger partial charge in [-0.2, -0.15) is 5.10 Å². The van der Waals surface area contributed by atoms with Gasteiger partial charge in [0.05, 0.1) is 11.7 Å². The number of rotatable bonds is 3. The molecule has 0 aromatic carbocycles. The van der Waals surface area contributed by atoms with Crippen LogP contribution in [0.1, 0.15) is 67.4 Å². The Balaban J connectivity index is 1.87. The zero-order valence-corrected chi connectivity index (χ0v) is 15.6. The molecular weight excluding hydrogens is 316 g/mol. The van der Waals surface area contributed by atoms with E-state index in [-0.39, 0.29) is 17.4 Å². The summed E-state index contributed by atoms with van der Waals surface area (Å²) in [6.07, 6.45) is 1.87. The molecule has 0 spiro atoms. The first kappa shape index (κ1) is 17.4. The maximum atomic E-state index is 13.0.